The lowest BCUT2D eigenvalue weighted by atomic mass is 9.89. The van der Waals surface area contributed by atoms with Gasteiger partial charge < -0.3 is 9.77 Å². The monoisotopic (exact) mass is 227 g/mol. The van der Waals surface area contributed by atoms with Gasteiger partial charge in [0.05, 0.1) is 18.6 Å². The smallest absolute Gasteiger partial charge is 0.0949 e. The molecular formula is C10H17N3OS. The average Bonchev–Trinajstić information content (AvgIpc) is 2.66. The summed E-state index contributed by atoms with van der Waals surface area (Å²) in [5.74, 6) is 0.932. The number of nitrogens with zero attached hydrogens (tertiary/aromatic N) is 3. The molecule has 1 N–H and O–H groups in total. The highest BCUT2D eigenvalue weighted by Gasteiger charge is 2.25. The van der Waals surface area contributed by atoms with Crippen LogP contribution in [0.4, 0.5) is 0 Å². The molecule has 84 valence electrons. The molecule has 0 amide bonds. The lowest BCUT2D eigenvalue weighted by Crippen LogP contribution is -2.30. The predicted octanol–water partition coefficient (Wildman–Crippen LogP) is 2.10. The van der Waals surface area contributed by atoms with Gasteiger partial charge in [0.15, 0.2) is 0 Å². The summed E-state index contributed by atoms with van der Waals surface area (Å²) >= 11 is 1.75. The molecule has 0 radical (unpaired) electrons. The minimum absolute atomic E-state index is 0.0988. The molecular weight excluding hydrogens is 210 g/mol. The van der Waals surface area contributed by atoms with Crippen molar-refractivity contribution in [2.75, 3.05) is 12.0 Å². The topological polar surface area (TPSA) is 50.4 Å². The lowest BCUT2D eigenvalue weighted by Gasteiger charge is -2.24. The second kappa shape index (κ2) is 5.21. The Morgan fingerprint density at radius 3 is 2.80 bits per heavy atom. The van der Waals surface area contributed by atoms with Crippen LogP contribution in [0.15, 0.2) is 23.9 Å². The van der Waals surface area contributed by atoms with Gasteiger partial charge in [-0.05, 0) is 6.26 Å². The third-order valence-electron chi connectivity index (χ3n) is 2.30. The zero-order valence-corrected chi connectivity index (χ0v) is 10.2. The van der Waals surface area contributed by atoms with Crippen molar-refractivity contribution in [3.63, 3.8) is 0 Å². The molecule has 0 saturated carbocycles. The summed E-state index contributed by atoms with van der Waals surface area (Å²) in [6.45, 7) is 4.75. The third kappa shape index (κ3) is 3.27. The highest BCUT2D eigenvalue weighted by atomic mass is 32.2. The minimum atomic E-state index is -0.0988. The molecule has 1 aromatic rings. The summed E-state index contributed by atoms with van der Waals surface area (Å²) in [4.78, 5) is 3.96. The van der Waals surface area contributed by atoms with Crippen LogP contribution in [0.3, 0.4) is 0 Å². The van der Waals surface area contributed by atoms with Gasteiger partial charge in [-0.1, -0.05) is 19.0 Å². The summed E-state index contributed by atoms with van der Waals surface area (Å²) in [5, 5.41) is 12.4. The van der Waals surface area contributed by atoms with E-state index in [4.69, 9.17) is 5.21 Å². The maximum Gasteiger partial charge on any atom is 0.0949 e. The van der Waals surface area contributed by atoms with E-state index in [0.717, 1.165) is 11.5 Å². The first kappa shape index (κ1) is 12.1. The van der Waals surface area contributed by atoms with Crippen LogP contribution in [-0.2, 0) is 6.54 Å². The van der Waals surface area contributed by atoms with Gasteiger partial charge >= 0.3 is 0 Å². The fourth-order valence-electron chi connectivity index (χ4n) is 1.38. The maximum atomic E-state index is 9.03. The van der Waals surface area contributed by atoms with Crippen molar-refractivity contribution < 1.29 is 5.21 Å². The number of oxime groups is 1. The molecule has 0 aliphatic heterocycles. The Labute approximate surface area is 94.4 Å². The third-order valence-corrected chi connectivity index (χ3v) is 3.31. The molecule has 0 aromatic carbocycles. The number of thioether (sulfide) groups is 1. The van der Waals surface area contributed by atoms with Crippen molar-refractivity contribution in [1.29, 1.82) is 0 Å². The summed E-state index contributed by atoms with van der Waals surface area (Å²) in [6, 6.07) is 0. The Morgan fingerprint density at radius 1 is 1.60 bits per heavy atom. The van der Waals surface area contributed by atoms with Gasteiger partial charge in [-0.15, -0.1) is 0 Å². The van der Waals surface area contributed by atoms with Gasteiger partial charge in [0.2, 0.25) is 0 Å². The van der Waals surface area contributed by atoms with Gasteiger partial charge in [-0.2, -0.15) is 11.8 Å². The second-order valence-corrected chi connectivity index (χ2v) is 4.96. The summed E-state index contributed by atoms with van der Waals surface area (Å²) in [7, 11) is 0. The SMILES string of the molecule is CSCC(C)(C)C(Cn1ccnc1)=NO. The molecule has 0 bridgehead atoms. The van der Waals surface area contributed by atoms with E-state index in [1.807, 2.05) is 17.0 Å². The van der Waals surface area contributed by atoms with E-state index in [2.05, 4.69) is 24.0 Å². The standard InChI is InChI=1S/C10H17N3OS/c1-10(2,7-15-3)9(12-14)6-13-5-4-11-8-13/h4-5,8,14H,6-7H2,1-3H3. The molecule has 0 aliphatic rings. The highest BCUT2D eigenvalue weighted by Crippen LogP contribution is 2.23. The van der Waals surface area contributed by atoms with Gasteiger partial charge in [0.25, 0.3) is 0 Å². The van der Waals surface area contributed by atoms with Crippen LogP contribution in [0.25, 0.3) is 0 Å². The Hall–Kier alpha value is -0.970. The van der Waals surface area contributed by atoms with Crippen molar-refractivity contribution in [3.05, 3.63) is 18.7 Å². The number of hydrogen-bond acceptors (Lipinski definition) is 4. The average molecular weight is 227 g/mol. The molecule has 4 nitrogen and oxygen atoms in total. The summed E-state index contributed by atoms with van der Waals surface area (Å²) in [6.07, 6.45) is 7.35. The summed E-state index contributed by atoms with van der Waals surface area (Å²) < 4.78 is 1.90. The number of aromatic nitrogens is 2. The van der Waals surface area contributed by atoms with Crippen LogP contribution >= 0.6 is 11.8 Å². The van der Waals surface area contributed by atoms with E-state index in [1.54, 1.807) is 24.3 Å². The number of rotatable bonds is 5. The second-order valence-electron chi connectivity index (χ2n) is 4.10. The molecule has 0 saturated heterocycles. The van der Waals surface area contributed by atoms with Gasteiger partial charge in [0.1, 0.15) is 0 Å². The molecule has 15 heavy (non-hydrogen) atoms. The lowest BCUT2D eigenvalue weighted by molar-refractivity contribution is 0.308. The minimum Gasteiger partial charge on any atom is -0.411 e. The van der Waals surface area contributed by atoms with Crippen molar-refractivity contribution in [2.24, 2.45) is 10.6 Å². The molecule has 1 heterocycles. The molecule has 0 fully saturated rings. The van der Waals surface area contributed by atoms with Crippen LogP contribution < -0.4 is 0 Å². The van der Waals surface area contributed by atoms with Crippen LogP contribution in [0, 0.1) is 5.41 Å². The Kier molecular flexibility index (Phi) is 4.20. The van der Waals surface area contributed by atoms with Gasteiger partial charge in [-0.25, -0.2) is 4.98 Å². The molecule has 0 spiro atoms. The Morgan fingerprint density at radius 2 is 2.33 bits per heavy atom. The Balaban J connectivity index is 2.72. The molecule has 1 rings (SSSR count). The van der Waals surface area contributed by atoms with Crippen LogP contribution in [-0.4, -0.2) is 32.5 Å². The van der Waals surface area contributed by atoms with E-state index in [-0.39, 0.29) is 5.41 Å². The first-order chi connectivity index (χ1) is 7.10. The zero-order valence-electron chi connectivity index (χ0n) is 9.34. The fraction of sp³-hybridized carbons (Fsp3) is 0.600. The van der Waals surface area contributed by atoms with E-state index < -0.39 is 0 Å². The van der Waals surface area contributed by atoms with E-state index in [1.165, 1.54) is 0 Å². The zero-order chi connectivity index (χ0) is 11.3. The van der Waals surface area contributed by atoms with Crippen LogP contribution in [0.1, 0.15) is 13.8 Å². The highest BCUT2D eigenvalue weighted by molar-refractivity contribution is 7.98. The Bertz CT molecular complexity index is 319. The van der Waals surface area contributed by atoms with Crippen LogP contribution in [0.2, 0.25) is 0 Å². The normalized spacial score (nSPS) is 13.1. The number of hydrogen-bond donors (Lipinski definition) is 1. The number of imidazole rings is 1. The predicted molar refractivity (Wildman–Crippen MR) is 63.6 cm³/mol. The van der Waals surface area contributed by atoms with Crippen molar-refractivity contribution in [1.82, 2.24) is 9.55 Å². The largest absolute Gasteiger partial charge is 0.411 e. The van der Waals surface area contributed by atoms with Gasteiger partial charge in [0, 0.05) is 23.6 Å². The molecule has 0 aliphatic carbocycles. The van der Waals surface area contributed by atoms with Crippen molar-refractivity contribution >= 4 is 17.5 Å². The molecule has 5 heteroatoms. The first-order valence-electron chi connectivity index (χ1n) is 4.76. The van der Waals surface area contributed by atoms with E-state index in [9.17, 15) is 0 Å². The van der Waals surface area contributed by atoms with Crippen molar-refractivity contribution in [2.45, 2.75) is 20.4 Å². The maximum absolute atomic E-state index is 9.03. The van der Waals surface area contributed by atoms with Crippen LogP contribution in [0.5, 0.6) is 0 Å². The first-order valence-corrected chi connectivity index (χ1v) is 6.15. The summed E-state index contributed by atoms with van der Waals surface area (Å²) in [5.41, 5.74) is 0.674. The molecule has 0 atom stereocenters. The van der Waals surface area contributed by atoms with E-state index in [0.29, 0.717) is 6.54 Å². The van der Waals surface area contributed by atoms with Crippen molar-refractivity contribution in [3.8, 4) is 0 Å². The molecule has 0 unspecified atom stereocenters. The van der Waals surface area contributed by atoms with E-state index >= 15 is 0 Å². The quantitative estimate of drug-likeness (QED) is 0.476. The van der Waals surface area contributed by atoms with Gasteiger partial charge in [-0.3, -0.25) is 0 Å². The molecule has 1 aromatic heterocycles. The fourth-order valence-corrected chi connectivity index (χ4v) is 2.27.